The monoisotopic (exact) mass is 279 g/mol. The average molecular weight is 280 g/mol. The molecular weight excluding hydrogens is 270 g/mol. The van der Waals surface area contributed by atoms with Crippen LogP contribution in [-0.4, -0.2) is 35.1 Å². The molecular formula is C12H10ClN3O3. The van der Waals surface area contributed by atoms with Crippen molar-refractivity contribution < 1.29 is 14.3 Å². The number of nitrogens with zero attached hydrogens (tertiary/aromatic N) is 3. The van der Waals surface area contributed by atoms with Crippen molar-refractivity contribution in [3.05, 3.63) is 35.4 Å². The summed E-state index contributed by atoms with van der Waals surface area (Å²) in [5.74, 6) is -0.205. The van der Waals surface area contributed by atoms with Gasteiger partial charge in [0, 0.05) is 11.8 Å². The van der Waals surface area contributed by atoms with Crippen molar-refractivity contribution in [2.45, 2.75) is 0 Å². The number of aromatic nitrogens is 3. The van der Waals surface area contributed by atoms with Crippen LogP contribution in [0.3, 0.4) is 0 Å². The summed E-state index contributed by atoms with van der Waals surface area (Å²) in [6, 6.07) is 3.16. The van der Waals surface area contributed by atoms with E-state index in [-0.39, 0.29) is 5.69 Å². The minimum atomic E-state index is -0.531. The number of carbonyl (C=O) groups excluding carboxylic acids is 1. The number of hydrogen-bond donors (Lipinski definition) is 0. The third kappa shape index (κ3) is 2.79. The second-order valence-corrected chi connectivity index (χ2v) is 3.90. The molecule has 7 heteroatoms. The van der Waals surface area contributed by atoms with Crippen LogP contribution in [0.5, 0.6) is 5.88 Å². The van der Waals surface area contributed by atoms with E-state index in [9.17, 15) is 4.79 Å². The van der Waals surface area contributed by atoms with Gasteiger partial charge in [0.25, 0.3) is 0 Å². The Hall–Kier alpha value is -2.21. The van der Waals surface area contributed by atoms with E-state index >= 15 is 0 Å². The maximum Gasteiger partial charge on any atom is 0.356 e. The highest BCUT2D eigenvalue weighted by Crippen LogP contribution is 2.26. The fraction of sp³-hybridized carbons (Fsp3) is 0.167. The summed E-state index contributed by atoms with van der Waals surface area (Å²) in [6.07, 6.45) is 2.83. The minimum absolute atomic E-state index is 0.166. The molecule has 0 amide bonds. The highest BCUT2D eigenvalue weighted by molar-refractivity contribution is 6.32. The molecule has 6 nitrogen and oxygen atoms in total. The van der Waals surface area contributed by atoms with Gasteiger partial charge in [-0.1, -0.05) is 11.6 Å². The van der Waals surface area contributed by atoms with Gasteiger partial charge in [-0.2, -0.15) is 0 Å². The van der Waals surface area contributed by atoms with Crippen molar-refractivity contribution in [1.82, 2.24) is 15.0 Å². The second-order valence-electron chi connectivity index (χ2n) is 3.50. The summed E-state index contributed by atoms with van der Waals surface area (Å²) in [5.41, 5.74) is 1.34. The normalized spacial score (nSPS) is 10.1. The highest BCUT2D eigenvalue weighted by atomic mass is 35.5. The Bertz CT molecular complexity index is 619. The van der Waals surface area contributed by atoms with Crippen molar-refractivity contribution in [3.63, 3.8) is 0 Å². The second kappa shape index (κ2) is 5.62. The van der Waals surface area contributed by atoms with Crippen LogP contribution in [0.4, 0.5) is 0 Å². The lowest BCUT2D eigenvalue weighted by Crippen LogP contribution is -2.05. The fourth-order valence-corrected chi connectivity index (χ4v) is 1.69. The first-order chi connectivity index (χ1) is 9.15. The molecule has 0 aliphatic heterocycles. The Morgan fingerprint density at radius 3 is 2.63 bits per heavy atom. The number of esters is 1. The van der Waals surface area contributed by atoms with Crippen LogP contribution in [0.2, 0.25) is 5.02 Å². The van der Waals surface area contributed by atoms with Crippen LogP contribution in [0, 0.1) is 0 Å². The molecule has 0 spiro atoms. The van der Waals surface area contributed by atoms with Crippen LogP contribution >= 0.6 is 11.6 Å². The fourth-order valence-electron chi connectivity index (χ4n) is 1.45. The molecule has 0 unspecified atom stereocenters. The molecule has 2 aromatic heterocycles. The first-order valence-corrected chi connectivity index (χ1v) is 5.63. The molecule has 0 atom stereocenters. The molecule has 19 heavy (non-hydrogen) atoms. The molecule has 0 bridgehead atoms. The Kier molecular flexibility index (Phi) is 3.91. The van der Waals surface area contributed by atoms with E-state index in [1.807, 2.05) is 0 Å². The van der Waals surface area contributed by atoms with Gasteiger partial charge >= 0.3 is 5.97 Å². The number of carbonyl (C=O) groups is 1. The molecule has 0 radical (unpaired) electrons. The zero-order chi connectivity index (χ0) is 13.8. The summed E-state index contributed by atoms with van der Waals surface area (Å²) in [4.78, 5) is 23.3. The maximum absolute atomic E-state index is 11.4. The van der Waals surface area contributed by atoms with Gasteiger partial charge in [0.15, 0.2) is 5.69 Å². The third-order valence-corrected chi connectivity index (χ3v) is 2.63. The molecule has 0 saturated carbocycles. The van der Waals surface area contributed by atoms with E-state index in [2.05, 4.69) is 19.7 Å². The summed E-state index contributed by atoms with van der Waals surface area (Å²) in [7, 11) is 2.77. The van der Waals surface area contributed by atoms with Gasteiger partial charge in [-0.25, -0.2) is 19.7 Å². The number of ether oxygens (including phenoxy) is 2. The van der Waals surface area contributed by atoms with Gasteiger partial charge in [0.1, 0.15) is 11.3 Å². The number of hydrogen-bond acceptors (Lipinski definition) is 6. The number of halogens is 1. The van der Waals surface area contributed by atoms with Gasteiger partial charge < -0.3 is 9.47 Å². The molecule has 0 saturated heterocycles. The molecule has 2 rings (SSSR count). The summed E-state index contributed by atoms with van der Waals surface area (Å²) in [5, 5.41) is 0.359. The van der Waals surface area contributed by atoms with Crippen molar-refractivity contribution in [2.75, 3.05) is 14.2 Å². The maximum atomic E-state index is 11.4. The van der Waals surface area contributed by atoms with E-state index in [1.54, 1.807) is 12.3 Å². The quantitative estimate of drug-likeness (QED) is 0.800. The Morgan fingerprint density at radius 1 is 1.21 bits per heavy atom. The topological polar surface area (TPSA) is 74.2 Å². The number of rotatable bonds is 3. The molecule has 0 N–H and O–H groups in total. The summed E-state index contributed by atoms with van der Waals surface area (Å²) < 4.78 is 9.56. The lowest BCUT2D eigenvalue weighted by Gasteiger charge is -2.05. The lowest BCUT2D eigenvalue weighted by atomic mass is 10.2. The van der Waals surface area contributed by atoms with E-state index < -0.39 is 5.97 Å². The molecule has 0 aliphatic carbocycles. The molecule has 98 valence electrons. The van der Waals surface area contributed by atoms with E-state index in [0.29, 0.717) is 22.2 Å². The van der Waals surface area contributed by atoms with Crippen molar-refractivity contribution in [2.24, 2.45) is 0 Å². The predicted molar refractivity (Wildman–Crippen MR) is 68.2 cm³/mol. The van der Waals surface area contributed by atoms with Gasteiger partial charge in [-0.3, -0.25) is 0 Å². The Balaban J connectivity index is 2.41. The van der Waals surface area contributed by atoms with E-state index in [4.69, 9.17) is 16.3 Å². The molecule has 0 aromatic carbocycles. The van der Waals surface area contributed by atoms with Crippen molar-refractivity contribution >= 4 is 17.6 Å². The number of methoxy groups -OCH3 is 2. The van der Waals surface area contributed by atoms with Gasteiger partial charge in [0.2, 0.25) is 5.88 Å². The average Bonchev–Trinajstić information content (AvgIpc) is 2.46. The standard InChI is InChI=1S/C12H10ClN3O3/c1-18-11-8(13)3-7(5-14-11)9-4-10(12(17)19-2)16-6-15-9/h3-6H,1-2H3. The van der Waals surface area contributed by atoms with Crippen LogP contribution in [0.15, 0.2) is 24.7 Å². The summed E-state index contributed by atoms with van der Waals surface area (Å²) >= 11 is 5.99. The molecule has 0 fully saturated rings. The summed E-state index contributed by atoms with van der Waals surface area (Å²) in [6.45, 7) is 0. The van der Waals surface area contributed by atoms with Crippen LogP contribution in [0.25, 0.3) is 11.3 Å². The van der Waals surface area contributed by atoms with Crippen molar-refractivity contribution in [3.8, 4) is 17.1 Å². The van der Waals surface area contributed by atoms with Gasteiger partial charge in [-0.15, -0.1) is 0 Å². The Labute approximate surface area is 114 Å². The SMILES string of the molecule is COC(=O)c1cc(-c2cnc(OC)c(Cl)c2)ncn1. The van der Waals surface area contributed by atoms with Crippen LogP contribution in [0.1, 0.15) is 10.5 Å². The first-order valence-electron chi connectivity index (χ1n) is 5.26. The first kappa shape index (κ1) is 13.2. The lowest BCUT2D eigenvalue weighted by molar-refractivity contribution is 0.0594. The third-order valence-electron chi connectivity index (χ3n) is 2.36. The molecule has 0 aliphatic rings. The molecule has 2 aromatic rings. The highest BCUT2D eigenvalue weighted by Gasteiger charge is 2.11. The Morgan fingerprint density at radius 2 is 2.00 bits per heavy atom. The van der Waals surface area contributed by atoms with Crippen LogP contribution < -0.4 is 4.74 Å². The van der Waals surface area contributed by atoms with E-state index in [1.165, 1.54) is 26.6 Å². The van der Waals surface area contributed by atoms with Gasteiger partial charge in [0.05, 0.1) is 19.9 Å². The molecule has 2 heterocycles. The number of pyridine rings is 1. The smallest absolute Gasteiger partial charge is 0.356 e. The van der Waals surface area contributed by atoms with Crippen molar-refractivity contribution in [1.29, 1.82) is 0 Å². The zero-order valence-electron chi connectivity index (χ0n) is 10.3. The van der Waals surface area contributed by atoms with Gasteiger partial charge in [-0.05, 0) is 12.1 Å². The predicted octanol–water partition coefficient (Wildman–Crippen LogP) is 1.99. The van der Waals surface area contributed by atoms with E-state index in [0.717, 1.165) is 0 Å². The largest absolute Gasteiger partial charge is 0.480 e. The zero-order valence-corrected chi connectivity index (χ0v) is 11.0. The minimum Gasteiger partial charge on any atom is -0.480 e. The van der Waals surface area contributed by atoms with Crippen LogP contribution in [-0.2, 0) is 4.74 Å².